The number of aromatic nitrogens is 1. The number of nitrogens with zero attached hydrogens (tertiary/aromatic N) is 3. The molecule has 1 aliphatic heterocycles. The molecular weight excluding hydrogens is 569 g/mol. The number of hydrogen-bond donors (Lipinski definition) is 1. The van der Waals surface area contributed by atoms with Gasteiger partial charge >= 0.3 is 12.1 Å². The smallest absolute Gasteiger partial charge is 0.416 e. The number of esters is 1. The van der Waals surface area contributed by atoms with Gasteiger partial charge < -0.3 is 9.64 Å². The van der Waals surface area contributed by atoms with Gasteiger partial charge in [-0.25, -0.2) is 9.98 Å². The van der Waals surface area contributed by atoms with Gasteiger partial charge in [0, 0.05) is 28.6 Å². The Kier molecular flexibility index (Phi) is 9.30. The van der Waals surface area contributed by atoms with Crippen LogP contribution in [0.4, 0.5) is 13.2 Å². The van der Waals surface area contributed by atoms with Crippen LogP contribution in [0.25, 0.3) is 5.70 Å². The van der Waals surface area contributed by atoms with Crippen molar-refractivity contribution in [3.63, 3.8) is 0 Å². The Morgan fingerprint density at radius 1 is 1.10 bits per heavy atom. The molecule has 1 N–H and O–H groups in total. The number of carbonyl (C=O) groups is 1. The second-order valence-corrected chi connectivity index (χ2v) is 13.7. The monoisotopic (exact) mass is 602 g/mol. The van der Waals surface area contributed by atoms with Gasteiger partial charge in [-0.3, -0.25) is 10.1 Å². The molecule has 0 fully saturated rings. The summed E-state index contributed by atoms with van der Waals surface area (Å²) < 4.78 is 44.7. The number of aliphatic imine (C=N–C) groups is 1. The fourth-order valence-electron chi connectivity index (χ4n) is 3.96. The van der Waals surface area contributed by atoms with Crippen LogP contribution in [0.2, 0.25) is 0 Å². The zero-order valence-corrected chi connectivity index (χ0v) is 25.2. The van der Waals surface area contributed by atoms with Crippen molar-refractivity contribution in [1.82, 2.24) is 15.2 Å². The molecule has 2 heterocycles. The lowest BCUT2D eigenvalue weighted by atomic mass is 10.1. The molecule has 1 unspecified atom stereocenters. The van der Waals surface area contributed by atoms with E-state index in [1.807, 2.05) is 75.2 Å². The van der Waals surface area contributed by atoms with E-state index in [0.717, 1.165) is 27.6 Å². The van der Waals surface area contributed by atoms with Gasteiger partial charge in [-0.05, 0) is 70.5 Å². The first-order valence-corrected chi connectivity index (χ1v) is 14.7. The summed E-state index contributed by atoms with van der Waals surface area (Å²) in [6.45, 7) is 10.2. The van der Waals surface area contributed by atoms with Crippen molar-refractivity contribution in [1.29, 1.82) is 0 Å². The maximum Gasteiger partial charge on any atom is 0.416 e. The quantitative estimate of drug-likeness (QED) is 0.204. The van der Waals surface area contributed by atoms with Gasteiger partial charge in [-0.15, -0.1) is 23.1 Å². The maximum atomic E-state index is 13.3. The SMILES string of the molecule is CC(C)(C)OC(=O)C(C)(C)Sc1ccc(CNC2C=C(c3cccc(C(F)(F)F)c3)N=CN2Cc2nccs2)cc1. The number of benzene rings is 2. The fourth-order valence-corrected chi connectivity index (χ4v) is 5.57. The van der Waals surface area contributed by atoms with Crippen LogP contribution >= 0.6 is 23.1 Å². The topological polar surface area (TPSA) is 66.8 Å². The van der Waals surface area contributed by atoms with Crippen LogP contribution in [0.15, 0.2) is 76.1 Å². The number of thiazole rings is 1. The van der Waals surface area contributed by atoms with Gasteiger partial charge in [-0.2, -0.15) is 13.2 Å². The van der Waals surface area contributed by atoms with Gasteiger partial charge in [0.1, 0.15) is 21.5 Å². The Bertz CT molecular complexity index is 1400. The molecule has 0 bridgehead atoms. The second kappa shape index (κ2) is 12.4. The molecule has 0 amide bonds. The van der Waals surface area contributed by atoms with E-state index in [0.29, 0.717) is 24.4 Å². The molecule has 0 spiro atoms. The van der Waals surface area contributed by atoms with Crippen molar-refractivity contribution in [2.24, 2.45) is 4.99 Å². The lowest BCUT2D eigenvalue weighted by Gasteiger charge is -2.31. The number of hydrogen-bond acceptors (Lipinski definition) is 8. The summed E-state index contributed by atoms with van der Waals surface area (Å²) in [5.74, 6) is -0.275. The molecule has 6 nitrogen and oxygen atoms in total. The molecule has 41 heavy (non-hydrogen) atoms. The first-order chi connectivity index (χ1) is 19.2. The molecule has 1 aliphatic rings. The molecule has 1 atom stereocenters. The van der Waals surface area contributed by atoms with Crippen molar-refractivity contribution in [2.75, 3.05) is 0 Å². The highest BCUT2D eigenvalue weighted by atomic mass is 32.2. The van der Waals surface area contributed by atoms with E-state index in [1.54, 1.807) is 18.6 Å². The number of thioether (sulfide) groups is 1. The molecule has 1 aromatic heterocycles. The molecule has 11 heteroatoms. The molecule has 4 rings (SSSR count). The molecule has 0 radical (unpaired) electrons. The standard InChI is InChI=1S/C30H33F3N4O2S2/c1-28(2,3)39-27(38)29(4,5)41-23-11-9-20(10-12-23)17-35-25-16-24(21-7-6-8-22(15-21)30(31,32)33)36-19-37(25)18-26-34-13-14-40-26/h6-16,19,25,35H,17-18H2,1-5H3. The second-order valence-electron chi connectivity index (χ2n) is 11.1. The molecule has 0 saturated heterocycles. The van der Waals surface area contributed by atoms with Crippen LogP contribution in [0.1, 0.15) is 56.3 Å². The Balaban J connectivity index is 1.47. The summed E-state index contributed by atoms with van der Waals surface area (Å²) in [5, 5.41) is 6.28. The zero-order chi connectivity index (χ0) is 29.8. The number of ether oxygens (including phenoxy) is 1. The van der Waals surface area contributed by atoms with E-state index in [2.05, 4.69) is 15.3 Å². The summed E-state index contributed by atoms with van der Waals surface area (Å²) in [6.07, 6.45) is 0.442. The summed E-state index contributed by atoms with van der Waals surface area (Å²) in [6, 6.07) is 13.1. The Morgan fingerprint density at radius 2 is 1.83 bits per heavy atom. The number of carbonyl (C=O) groups excluding carboxylic acids is 1. The maximum absolute atomic E-state index is 13.3. The van der Waals surface area contributed by atoms with E-state index < -0.39 is 22.1 Å². The van der Waals surface area contributed by atoms with E-state index >= 15 is 0 Å². The number of alkyl halides is 3. The summed E-state index contributed by atoms with van der Waals surface area (Å²) >= 11 is 2.96. The first kappa shape index (κ1) is 30.8. The first-order valence-electron chi connectivity index (χ1n) is 13.0. The van der Waals surface area contributed by atoms with Gasteiger partial charge in [0.2, 0.25) is 0 Å². The Hall–Kier alpha value is -3.15. The predicted octanol–water partition coefficient (Wildman–Crippen LogP) is 7.38. The molecule has 3 aromatic rings. The molecule has 218 valence electrons. The normalized spacial score (nSPS) is 16.0. The minimum Gasteiger partial charge on any atom is -0.459 e. The lowest BCUT2D eigenvalue weighted by molar-refractivity contribution is -0.156. The molecular formula is C30H33F3N4O2S2. The van der Waals surface area contributed by atoms with Crippen molar-refractivity contribution in [3.8, 4) is 0 Å². The van der Waals surface area contributed by atoms with E-state index in [-0.39, 0.29) is 12.1 Å². The number of nitrogens with one attached hydrogen (secondary N) is 1. The van der Waals surface area contributed by atoms with Crippen LogP contribution < -0.4 is 5.32 Å². The predicted molar refractivity (Wildman–Crippen MR) is 158 cm³/mol. The van der Waals surface area contributed by atoms with Crippen molar-refractivity contribution >= 4 is 41.1 Å². The largest absolute Gasteiger partial charge is 0.459 e. The third-order valence-electron chi connectivity index (χ3n) is 6.01. The highest BCUT2D eigenvalue weighted by Crippen LogP contribution is 2.35. The third kappa shape index (κ3) is 8.67. The summed E-state index contributed by atoms with van der Waals surface area (Å²) in [5.41, 5.74) is 0.589. The van der Waals surface area contributed by atoms with Gasteiger partial charge in [0.15, 0.2) is 0 Å². The third-order valence-corrected chi connectivity index (χ3v) is 7.96. The van der Waals surface area contributed by atoms with Crippen LogP contribution in [-0.2, 0) is 28.8 Å². The highest BCUT2D eigenvalue weighted by Gasteiger charge is 2.34. The molecule has 2 aromatic carbocycles. The fraction of sp³-hybridized carbons (Fsp3) is 0.367. The van der Waals surface area contributed by atoms with Crippen molar-refractivity contribution in [2.45, 2.75) is 75.3 Å². The van der Waals surface area contributed by atoms with Crippen molar-refractivity contribution in [3.05, 3.63) is 87.9 Å². The average Bonchev–Trinajstić information content (AvgIpc) is 3.40. The van der Waals surface area contributed by atoms with Crippen LogP contribution in [0.3, 0.4) is 0 Å². The van der Waals surface area contributed by atoms with E-state index in [4.69, 9.17) is 4.74 Å². The minimum absolute atomic E-state index is 0.275. The summed E-state index contributed by atoms with van der Waals surface area (Å²) in [4.78, 5) is 24.4. The Labute approximate surface area is 246 Å². The highest BCUT2D eigenvalue weighted by molar-refractivity contribution is 8.01. The molecule has 0 saturated carbocycles. The number of rotatable bonds is 9. The van der Waals surface area contributed by atoms with Gasteiger partial charge in [0.05, 0.1) is 24.1 Å². The van der Waals surface area contributed by atoms with Gasteiger partial charge in [-0.1, -0.05) is 24.3 Å². The average molecular weight is 603 g/mol. The zero-order valence-electron chi connectivity index (χ0n) is 23.5. The van der Waals surface area contributed by atoms with Crippen molar-refractivity contribution < 1.29 is 22.7 Å². The number of halogens is 3. The van der Waals surface area contributed by atoms with Crippen LogP contribution in [0.5, 0.6) is 0 Å². The van der Waals surface area contributed by atoms with E-state index in [1.165, 1.54) is 29.2 Å². The van der Waals surface area contributed by atoms with Gasteiger partial charge in [0.25, 0.3) is 0 Å². The Morgan fingerprint density at radius 3 is 2.46 bits per heavy atom. The summed E-state index contributed by atoms with van der Waals surface area (Å²) in [7, 11) is 0. The lowest BCUT2D eigenvalue weighted by Crippen LogP contribution is -2.44. The van der Waals surface area contributed by atoms with Crippen LogP contribution in [0, 0.1) is 0 Å². The van der Waals surface area contributed by atoms with Crippen LogP contribution in [-0.4, -0.2) is 38.7 Å². The van der Waals surface area contributed by atoms with E-state index in [9.17, 15) is 18.0 Å². The molecule has 0 aliphatic carbocycles. The minimum atomic E-state index is -4.43.